The van der Waals surface area contributed by atoms with E-state index in [4.69, 9.17) is 19.4 Å². The molecule has 0 atom stereocenters. The predicted octanol–water partition coefficient (Wildman–Crippen LogP) is 3.88. The molecule has 3 aliphatic heterocycles. The number of benzene rings is 1. The van der Waals surface area contributed by atoms with E-state index >= 15 is 0 Å². The SMILES string of the molecule is CC1(C(=O)N2CCCCC2)COC(c2nc(-c3ccc(F)cc3)c(-c3ccnc(NCCCN4CC=NC4)n3)[nH]2)OC1. The highest BCUT2D eigenvalue weighted by atomic mass is 19.1. The van der Waals surface area contributed by atoms with Gasteiger partial charge in [0.15, 0.2) is 5.82 Å². The summed E-state index contributed by atoms with van der Waals surface area (Å²) in [5.41, 5.74) is 1.82. The molecule has 0 aliphatic carbocycles. The summed E-state index contributed by atoms with van der Waals surface area (Å²) in [6.45, 7) is 7.21. The molecule has 6 rings (SSSR count). The highest BCUT2D eigenvalue weighted by Gasteiger charge is 2.43. The number of aromatic amines is 1. The molecule has 0 spiro atoms. The summed E-state index contributed by atoms with van der Waals surface area (Å²) < 4.78 is 26.0. The first kappa shape index (κ1) is 28.4. The van der Waals surface area contributed by atoms with Gasteiger partial charge in [-0.15, -0.1) is 0 Å². The van der Waals surface area contributed by atoms with Gasteiger partial charge in [0.05, 0.1) is 42.4 Å². The van der Waals surface area contributed by atoms with E-state index in [1.54, 1.807) is 24.4 Å². The van der Waals surface area contributed by atoms with Gasteiger partial charge in [-0.25, -0.2) is 19.3 Å². The average molecular weight is 577 g/mol. The van der Waals surface area contributed by atoms with Crippen LogP contribution in [0.15, 0.2) is 41.5 Å². The second kappa shape index (κ2) is 12.6. The van der Waals surface area contributed by atoms with Crippen LogP contribution in [0.2, 0.25) is 0 Å². The number of aliphatic imine (C=N–C) groups is 1. The Morgan fingerprint density at radius 3 is 2.64 bits per heavy atom. The maximum absolute atomic E-state index is 13.8. The number of H-pyrrole nitrogens is 1. The molecule has 0 unspecified atom stereocenters. The van der Waals surface area contributed by atoms with Crippen molar-refractivity contribution in [3.05, 3.63) is 48.2 Å². The fourth-order valence-corrected chi connectivity index (χ4v) is 5.53. The van der Waals surface area contributed by atoms with Crippen molar-refractivity contribution < 1.29 is 18.7 Å². The number of imidazole rings is 1. The number of rotatable bonds is 9. The monoisotopic (exact) mass is 576 g/mol. The summed E-state index contributed by atoms with van der Waals surface area (Å²) in [4.78, 5) is 39.0. The second-order valence-corrected chi connectivity index (χ2v) is 11.3. The summed E-state index contributed by atoms with van der Waals surface area (Å²) >= 11 is 0. The van der Waals surface area contributed by atoms with Gasteiger partial charge in [-0.3, -0.25) is 14.7 Å². The lowest BCUT2D eigenvalue weighted by Gasteiger charge is -2.40. The third-order valence-electron chi connectivity index (χ3n) is 7.93. The molecule has 1 aromatic carbocycles. The van der Waals surface area contributed by atoms with Gasteiger partial charge in [-0.05, 0) is 62.9 Å². The lowest BCUT2D eigenvalue weighted by Crippen LogP contribution is -2.51. The summed E-state index contributed by atoms with van der Waals surface area (Å²) in [5, 5.41) is 3.30. The number of aromatic nitrogens is 4. The third-order valence-corrected chi connectivity index (χ3v) is 7.93. The Labute approximate surface area is 244 Å². The predicted molar refractivity (Wildman–Crippen MR) is 156 cm³/mol. The van der Waals surface area contributed by atoms with E-state index in [1.165, 1.54) is 12.1 Å². The number of amides is 1. The normalized spacial score (nSPS) is 22.9. The fraction of sp³-hybridized carbons (Fsp3) is 0.500. The van der Waals surface area contributed by atoms with Gasteiger partial charge in [-0.1, -0.05) is 0 Å². The Balaban J connectivity index is 1.19. The number of ether oxygens (including phenoxy) is 2. The standard InChI is InChI=1S/C30H37FN8O3/c1-30(28(40)39-15-3-2-4-16-39)18-41-27(42-19-30)26-36-24(21-6-8-22(31)9-7-21)25(37-26)23-10-12-34-29(35-23)33-11-5-14-38-17-13-32-20-38/h6-10,12-13,27H,2-5,11,14-20H2,1H3,(H,36,37)(H,33,34,35). The number of nitrogens with zero attached hydrogens (tertiary/aromatic N) is 6. The Kier molecular flexibility index (Phi) is 8.54. The number of hydrogen-bond donors (Lipinski definition) is 2. The van der Waals surface area contributed by atoms with E-state index in [9.17, 15) is 9.18 Å². The van der Waals surface area contributed by atoms with Crippen LogP contribution < -0.4 is 5.32 Å². The van der Waals surface area contributed by atoms with Crippen molar-refractivity contribution in [2.75, 3.05) is 57.9 Å². The van der Waals surface area contributed by atoms with E-state index in [0.717, 1.165) is 70.6 Å². The lowest BCUT2D eigenvalue weighted by molar-refractivity contribution is -0.234. The average Bonchev–Trinajstić information content (AvgIpc) is 3.71. The summed E-state index contributed by atoms with van der Waals surface area (Å²) in [6.07, 6.45) is 7.00. The van der Waals surface area contributed by atoms with Crippen molar-refractivity contribution in [1.82, 2.24) is 29.7 Å². The van der Waals surface area contributed by atoms with E-state index in [-0.39, 0.29) is 24.9 Å². The van der Waals surface area contributed by atoms with Gasteiger partial charge in [0.1, 0.15) is 5.82 Å². The molecule has 222 valence electrons. The zero-order valence-corrected chi connectivity index (χ0v) is 23.9. The lowest BCUT2D eigenvalue weighted by atomic mass is 9.89. The van der Waals surface area contributed by atoms with E-state index in [1.807, 2.05) is 18.0 Å². The molecule has 42 heavy (non-hydrogen) atoms. The zero-order chi connectivity index (χ0) is 28.9. The van der Waals surface area contributed by atoms with Crippen molar-refractivity contribution in [1.29, 1.82) is 0 Å². The Hall–Kier alpha value is -3.74. The van der Waals surface area contributed by atoms with Crippen molar-refractivity contribution in [3.63, 3.8) is 0 Å². The summed E-state index contributed by atoms with van der Waals surface area (Å²) in [5.74, 6) is 0.700. The molecule has 3 aromatic rings. The first-order valence-corrected chi connectivity index (χ1v) is 14.6. The molecule has 2 aromatic heterocycles. The molecule has 0 saturated carbocycles. The maximum Gasteiger partial charge on any atom is 0.233 e. The molecule has 1 amide bonds. The van der Waals surface area contributed by atoms with Gasteiger partial charge in [0.25, 0.3) is 0 Å². The minimum absolute atomic E-state index is 0.0718. The zero-order valence-electron chi connectivity index (χ0n) is 23.9. The molecule has 0 bridgehead atoms. The van der Waals surface area contributed by atoms with Crippen LogP contribution in [-0.4, -0.2) is 94.5 Å². The van der Waals surface area contributed by atoms with Crippen LogP contribution >= 0.6 is 0 Å². The van der Waals surface area contributed by atoms with Crippen molar-refractivity contribution >= 4 is 18.1 Å². The molecule has 12 heteroatoms. The minimum Gasteiger partial charge on any atom is -0.354 e. The maximum atomic E-state index is 13.8. The molecular formula is C30H37FN8O3. The van der Waals surface area contributed by atoms with Crippen LogP contribution in [0.3, 0.4) is 0 Å². The molecule has 2 fully saturated rings. The van der Waals surface area contributed by atoms with Crippen LogP contribution in [0.1, 0.15) is 44.7 Å². The van der Waals surface area contributed by atoms with Crippen LogP contribution in [0.4, 0.5) is 10.3 Å². The smallest absolute Gasteiger partial charge is 0.233 e. The quantitative estimate of drug-likeness (QED) is 0.368. The highest BCUT2D eigenvalue weighted by molar-refractivity contribution is 5.83. The first-order chi connectivity index (χ1) is 20.5. The number of nitrogens with one attached hydrogen (secondary N) is 2. The fourth-order valence-electron chi connectivity index (χ4n) is 5.53. The van der Waals surface area contributed by atoms with E-state index in [0.29, 0.717) is 28.9 Å². The Morgan fingerprint density at radius 2 is 1.90 bits per heavy atom. The largest absolute Gasteiger partial charge is 0.354 e. The van der Waals surface area contributed by atoms with E-state index < -0.39 is 11.7 Å². The molecule has 2 saturated heterocycles. The van der Waals surface area contributed by atoms with Crippen molar-refractivity contribution in [2.24, 2.45) is 10.4 Å². The number of carbonyl (C=O) groups excluding carboxylic acids is 1. The summed E-state index contributed by atoms with van der Waals surface area (Å²) in [7, 11) is 0. The molecule has 0 radical (unpaired) electrons. The minimum atomic E-state index is -0.783. The van der Waals surface area contributed by atoms with Crippen LogP contribution in [0.25, 0.3) is 22.6 Å². The second-order valence-electron chi connectivity index (χ2n) is 11.3. The Bertz CT molecular complexity index is 1390. The third kappa shape index (κ3) is 6.35. The van der Waals surface area contributed by atoms with Gasteiger partial charge in [0.2, 0.25) is 18.1 Å². The van der Waals surface area contributed by atoms with Crippen molar-refractivity contribution in [3.8, 4) is 22.6 Å². The van der Waals surface area contributed by atoms with Crippen LogP contribution in [0, 0.1) is 11.2 Å². The van der Waals surface area contributed by atoms with Gasteiger partial charge in [0, 0.05) is 50.7 Å². The molecule has 5 heterocycles. The number of likely N-dealkylation sites (tertiary alicyclic amines) is 1. The Morgan fingerprint density at radius 1 is 1.12 bits per heavy atom. The molecule has 2 N–H and O–H groups in total. The number of carbonyl (C=O) groups is 1. The first-order valence-electron chi connectivity index (χ1n) is 14.6. The molecular weight excluding hydrogens is 539 g/mol. The number of hydrogen-bond acceptors (Lipinski definition) is 9. The van der Waals surface area contributed by atoms with E-state index in [2.05, 4.69) is 25.2 Å². The van der Waals surface area contributed by atoms with Gasteiger partial charge < -0.3 is 24.7 Å². The van der Waals surface area contributed by atoms with Gasteiger partial charge >= 0.3 is 0 Å². The molecule has 3 aliphatic rings. The topological polar surface area (TPSA) is 121 Å². The summed E-state index contributed by atoms with van der Waals surface area (Å²) in [6, 6.07) is 7.96. The van der Waals surface area contributed by atoms with Crippen LogP contribution in [0.5, 0.6) is 0 Å². The van der Waals surface area contributed by atoms with Crippen LogP contribution in [-0.2, 0) is 14.3 Å². The van der Waals surface area contributed by atoms with Gasteiger partial charge in [-0.2, -0.15) is 0 Å². The number of anilines is 1. The van der Waals surface area contributed by atoms with Crippen molar-refractivity contribution in [2.45, 2.75) is 38.9 Å². The molecule has 11 nitrogen and oxygen atoms in total. The highest BCUT2D eigenvalue weighted by Crippen LogP contribution is 2.36. The number of piperidine rings is 1. The number of halogens is 1.